The van der Waals surface area contributed by atoms with Crippen LogP contribution in [0.15, 0.2) is 30.6 Å². The van der Waals surface area contributed by atoms with Crippen LogP contribution in [-0.4, -0.2) is 95.4 Å². The quantitative estimate of drug-likeness (QED) is 0.385. The van der Waals surface area contributed by atoms with Crippen molar-refractivity contribution in [2.45, 2.75) is 37.3 Å². The Bertz CT molecular complexity index is 1340. The first-order valence-corrected chi connectivity index (χ1v) is 13.8. The summed E-state index contributed by atoms with van der Waals surface area (Å²) < 4.78 is 48.2. The Morgan fingerprint density at radius 2 is 1.92 bits per heavy atom. The zero-order chi connectivity index (χ0) is 27.4. The lowest BCUT2D eigenvalue weighted by molar-refractivity contribution is -0.0421. The Morgan fingerprint density at radius 1 is 1.18 bits per heavy atom. The number of hydrogen-bond acceptors (Lipinski definition) is 11. The van der Waals surface area contributed by atoms with Crippen molar-refractivity contribution in [2.24, 2.45) is 0 Å². The largest absolute Gasteiger partial charge is 0.481 e. The van der Waals surface area contributed by atoms with Gasteiger partial charge < -0.3 is 19.1 Å². The van der Waals surface area contributed by atoms with Gasteiger partial charge >= 0.3 is 0 Å². The molecule has 3 aromatic rings. The summed E-state index contributed by atoms with van der Waals surface area (Å²) in [5, 5.41) is 7.74. The Hall–Kier alpha value is -2.91. The number of rotatable bonds is 10. The molecule has 15 heteroatoms. The summed E-state index contributed by atoms with van der Waals surface area (Å²) >= 11 is 5.89. The molecular weight excluding hydrogens is 536 g/mol. The molecule has 1 fully saturated rings. The number of halogens is 1. The Labute approximate surface area is 226 Å². The van der Waals surface area contributed by atoms with E-state index in [0.29, 0.717) is 35.6 Å². The number of ether oxygens (including phenoxy) is 3. The van der Waals surface area contributed by atoms with Crippen LogP contribution in [0.3, 0.4) is 0 Å². The van der Waals surface area contributed by atoms with Crippen LogP contribution in [0.25, 0.3) is 11.5 Å². The summed E-state index contributed by atoms with van der Waals surface area (Å²) in [5.74, 6) is 0.958. The van der Waals surface area contributed by atoms with Crippen molar-refractivity contribution >= 4 is 27.6 Å². The highest BCUT2D eigenvalue weighted by molar-refractivity contribution is 7.93. The molecule has 1 aliphatic heterocycles. The van der Waals surface area contributed by atoms with Crippen LogP contribution in [0.5, 0.6) is 5.88 Å². The predicted molar refractivity (Wildman–Crippen MR) is 141 cm³/mol. The molecule has 0 radical (unpaired) electrons. The number of hydrogen-bond donors (Lipinski definition) is 1. The molecule has 0 bridgehead atoms. The second-order valence-electron chi connectivity index (χ2n) is 8.96. The third kappa shape index (κ3) is 6.04. The fraction of sp³-hybridized carbons (Fsp3) is 0.522. The Kier molecular flexibility index (Phi) is 8.78. The van der Waals surface area contributed by atoms with Gasteiger partial charge in [-0.3, -0.25) is 9.29 Å². The molecule has 4 atom stereocenters. The molecule has 0 saturated carbocycles. The Balaban J connectivity index is 1.71. The van der Waals surface area contributed by atoms with Gasteiger partial charge in [-0.05, 0) is 27.0 Å². The maximum Gasteiger partial charge on any atom is 0.240 e. The second kappa shape index (κ2) is 11.9. The van der Waals surface area contributed by atoms with Crippen molar-refractivity contribution in [3.63, 3.8) is 0 Å². The van der Waals surface area contributed by atoms with E-state index in [9.17, 15) is 8.42 Å². The van der Waals surface area contributed by atoms with E-state index in [1.54, 1.807) is 22.8 Å². The lowest BCUT2D eigenvalue weighted by Crippen LogP contribution is -2.44. The summed E-state index contributed by atoms with van der Waals surface area (Å²) in [6, 6.07) is 4.89. The third-order valence-electron chi connectivity index (χ3n) is 6.40. The van der Waals surface area contributed by atoms with E-state index in [4.69, 9.17) is 25.8 Å². The van der Waals surface area contributed by atoms with E-state index in [-0.39, 0.29) is 23.9 Å². The standard InChI is InChI=1S/C23H31ClN8O5S/c1-14(18-13-31(3)9-10-37-18)32-22(17-7-6-8-19(27-17)35-4)28-29-23(32)30-38(33,34)15(2)20(36-5)21-25-11-16(24)12-26-21/h6-8,11-12,14-15,18,20H,9-10,13H2,1-5H3,(H,29,30)/t14-,15+,18+,20+/m1/s1. The van der Waals surface area contributed by atoms with Crippen LogP contribution in [0.2, 0.25) is 5.02 Å². The fourth-order valence-corrected chi connectivity index (χ4v) is 5.44. The van der Waals surface area contributed by atoms with Gasteiger partial charge in [-0.15, -0.1) is 10.2 Å². The zero-order valence-electron chi connectivity index (χ0n) is 21.8. The molecule has 0 aromatic carbocycles. The van der Waals surface area contributed by atoms with Crippen LogP contribution < -0.4 is 9.46 Å². The highest BCUT2D eigenvalue weighted by atomic mass is 35.5. The van der Waals surface area contributed by atoms with Crippen molar-refractivity contribution in [1.29, 1.82) is 0 Å². The van der Waals surface area contributed by atoms with Crippen LogP contribution in [0.4, 0.5) is 5.95 Å². The van der Waals surface area contributed by atoms with Crippen molar-refractivity contribution in [2.75, 3.05) is 45.7 Å². The number of nitrogens with one attached hydrogen (secondary N) is 1. The minimum atomic E-state index is -4.07. The van der Waals surface area contributed by atoms with E-state index in [0.717, 1.165) is 6.54 Å². The number of likely N-dealkylation sites (N-methyl/N-ethyl adjacent to an activating group) is 1. The molecule has 0 spiro atoms. The molecule has 3 aromatic heterocycles. The number of morpholine rings is 1. The summed E-state index contributed by atoms with van der Waals surface area (Å²) in [6.07, 6.45) is 1.56. The van der Waals surface area contributed by atoms with Crippen LogP contribution >= 0.6 is 11.6 Å². The van der Waals surface area contributed by atoms with Gasteiger partial charge in [0.05, 0.1) is 30.9 Å². The Morgan fingerprint density at radius 3 is 2.58 bits per heavy atom. The van der Waals surface area contributed by atoms with Crippen LogP contribution in [0.1, 0.15) is 31.8 Å². The van der Waals surface area contributed by atoms with Gasteiger partial charge in [-0.2, -0.15) is 0 Å². The molecule has 38 heavy (non-hydrogen) atoms. The normalized spacial score (nSPS) is 19.1. The molecule has 0 unspecified atom stereocenters. The number of anilines is 1. The minimum absolute atomic E-state index is 0.0210. The molecule has 206 valence electrons. The van der Waals surface area contributed by atoms with Crippen LogP contribution in [-0.2, 0) is 19.5 Å². The summed E-state index contributed by atoms with van der Waals surface area (Å²) in [7, 11) is 0.846. The van der Waals surface area contributed by atoms with Gasteiger partial charge in [0, 0.05) is 38.7 Å². The van der Waals surface area contributed by atoms with Gasteiger partial charge in [-0.25, -0.2) is 23.4 Å². The minimum Gasteiger partial charge on any atom is -0.481 e. The molecule has 4 heterocycles. The molecule has 0 amide bonds. The third-order valence-corrected chi connectivity index (χ3v) is 8.29. The molecule has 1 aliphatic rings. The average molecular weight is 567 g/mol. The SMILES string of the molecule is COc1cccc(-c2nnc(NS(=O)(=O)[C@@H](C)[C@H](OC)c3ncc(Cl)cn3)n2[C@H](C)[C@@H]2CN(C)CCO2)n1. The lowest BCUT2D eigenvalue weighted by Gasteiger charge is -2.35. The molecule has 1 N–H and O–H groups in total. The molecule has 4 rings (SSSR count). The average Bonchev–Trinajstić information content (AvgIpc) is 3.32. The second-order valence-corrected chi connectivity index (χ2v) is 11.4. The number of pyridine rings is 1. The van der Waals surface area contributed by atoms with Gasteiger partial charge in [0.1, 0.15) is 17.0 Å². The van der Waals surface area contributed by atoms with Gasteiger partial charge in [0.15, 0.2) is 11.6 Å². The summed E-state index contributed by atoms with van der Waals surface area (Å²) in [6.45, 7) is 5.43. The van der Waals surface area contributed by atoms with Gasteiger partial charge in [-0.1, -0.05) is 17.7 Å². The maximum atomic E-state index is 13.6. The molecular formula is C23H31ClN8O5S. The summed E-state index contributed by atoms with van der Waals surface area (Å²) in [5.41, 5.74) is 0.468. The number of sulfonamides is 1. The molecule has 1 saturated heterocycles. The highest BCUT2D eigenvalue weighted by Gasteiger charge is 2.36. The van der Waals surface area contributed by atoms with Crippen molar-refractivity contribution in [1.82, 2.24) is 34.6 Å². The van der Waals surface area contributed by atoms with E-state index in [1.807, 2.05) is 14.0 Å². The van der Waals surface area contributed by atoms with Crippen molar-refractivity contribution < 1.29 is 22.6 Å². The van der Waals surface area contributed by atoms with E-state index >= 15 is 0 Å². The first-order valence-electron chi connectivity index (χ1n) is 11.9. The molecule has 0 aliphatic carbocycles. The zero-order valence-corrected chi connectivity index (χ0v) is 23.3. The number of nitrogens with zero attached hydrogens (tertiary/aromatic N) is 7. The summed E-state index contributed by atoms with van der Waals surface area (Å²) in [4.78, 5) is 14.9. The first kappa shape index (κ1) is 28.1. The fourth-order valence-electron chi connectivity index (χ4n) is 4.20. The predicted octanol–water partition coefficient (Wildman–Crippen LogP) is 2.20. The maximum absolute atomic E-state index is 13.6. The lowest BCUT2D eigenvalue weighted by atomic mass is 10.1. The van der Waals surface area contributed by atoms with E-state index in [2.05, 4.69) is 34.8 Å². The molecule has 13 nitrogen and oxygen atoms in total. The number of methoxy groups -OCH3 is 2. The monoisotopic (exact) mass is 566 g/mol. The number of aromatic nitrogens is 6. The van der Waals surface area contributed by atoms with E-state index in [1.165, 1.54) is 33.5 Å². The van der Waals surface area contributed by atoms with Gasteiger partial charge in [0.25, 0.3) is 0 Å². The smallest absolute Gasteiger partial charge is 0.240 e. The topological polar surface area (TPSA) is 146 Å². The highest BCUT2D eigenvalue weighted by Crippen LogP contribution is 2.31. The van der Waals surface area contributed by atoms with Crippen molar-refractivity contribution in [3.05, 3.63) is 41.4 Å². The van der Waals surface area contributed by atoms with E-state index < -0.39 is 21.4 Å². The van der Waals surface area contributed by atoms with Crippen molar-refractivity contribution in [3.8, 4) is 17.4 Å². The first-order chi connectivity index (χ1) is 18.1. The van der Waals surface area contributed by atoms with Gasteiger partial charge in [0.2, 0.25) is 21.9 Å². The van der Waals surface area contributed by atoms with Crippen LogP contribution in [0, 0.1) is 0 Å².